The molecule has 2 aromatic heterocycles. The molecule has 1 aromatic carbocycles. The Morgan fingerprint density at radius 1 is 1.09 bits per heavy atom. The lowest BCUT2D eigenvalue weighted by atomic mass is 9.97. The molecular formula is C25H31ClN2O4. The number of nitrogens with zero attached hydrogens (tertiary/aromatic N) is 1. The van der Waals surface area contributed by atoms with Crippen LogP contribution in [0.1, 0.15) is 59.0 Å². The van der Waals surface area contributed by atoms with Crippen molar-refractivity contribution in [3.63, 3.8) is 0 Å². The van der Waals surface area contributed by atoms with Gasteiger partial charge in [0.2, 0.25) is 0 Å². The zero-order valence-corrected chi connectivity index (χ0v) is 19.9. The number of rotatable bonds is 5. The molecular weight excluding hydrogens is 428 g/mol. The monoisotopic (exact) mass is 458 g/mol. The van der Waals surface area contributed by atoms with E-state index in [2.05, 4.69) is 17.1 Å². The number of aryl methyl sites for hydroxylation is 3. The first kappa shape index (κ1) is 24.1. The molecule has 1 amide bonds. The van der Waals surface area contributed by atoms with Crippen molar-refractivity contribution in [3.05, 3.63) is 69.0 Å². The van der Waals surface area contributed by atoms with Gasteiger partial charge in [-0.1, -0.05) is 6.92 Å². The minimum atomic E-state index is -0.393. The van der Waals surface area contributed by atoms with Crippen molar-refractivity contribution in [1.29, 1.82) is 0 Å². The number of halogens is 1. The topological polar surface area (TPSA) is 75.7 Å². The number of amides is 1. The minimum absolute atomic E-state index is 0. The van der Waals surface area contributed by atoms with Crippen molar-refractivity contribution in [2.75, 3.05) is 19.6 Å². The largest absolute Gasteiger partial charge is 0.465 e. The SMILES string of the molecule is Cc1ccc(C(CNC(=O)c2cc(=O)c3cc(C)c(C)cc3o2)N2CCC(C)CC2)o1.Cl. The zero-order valence-electron chi connectivity index (χ0n) is 19.1. The Bertz CT molecular complexity index is 1160. The van der Waals surface area contributed by atoms with Gasteiger partial charge in [-0.3, -0.25) is 14.5 Å². The van der Waals surface area contributed by atoms with E-state index in [-0.39, 0.29) is 29.6 Å². The molecule has 0 spiro atoms. The second-order valence-corrected chi connectivity index (χ2v) is 8.80. The van der Waals surface area contributed by atoms with Crippen LogP contribution in [0.15, 0.2) is 44.0 Å². The number of hydrogen-bond acceptors (Lipinski definition) is 5. The lowest BCUT2D eigenvalue weighted by molar-refractivity contribution is 0.0870. The summed E-state index contributed by atoms with van der Waals surface area (Å²) in [6.45, 7) is 10.4. The van der Waals surface area contributed by atoms with Gasteiger partial charge in [0.1, 0.15) is 17.1 Å². The van der Waals surface area contributed by atoms with Crippen molar-refractivity contribution < 1.29 is 13.6 Å². The second kappa shape index (κ2) is 9.92. The maximum atomic E-state index is 12.9. The molecule has 1 fully saturated rings. The van der Waals surface area contributed by atoms with Crippen LogP contribution in [0.3, 0.4) is 0 Å². The van der Waals surface area contributed by atoms with Crippen molar-refractivity contribution in [2.45, 2.75) is 46.6 Å². The van der Waals surface area contributed by atoms with Gasteiger partial charge in [-0.2, -0.15) is 0 Å². The summed E-state index contributed by atoms with van der Waals surface area (Å²) < 4.78 is 11.7. The predicted molar refractivity (Wildman–Crippen MR) is 128 cm³/mol. The summed E-state index contributed by atoms with van der Waals surface area (Å²) in [5.74, 6) is 2.04. The fraction of sp³-hybridized carbons (Fsp3) is 0.440. The van der Waals surface area contributed by atoms with Gasteiger partial charge in [0.05, 0.1) is 11.4 Å². The third-order valence-electron chi connectivity index (χ3n) is 6.37. The first-order valence-electron chi connectivity index (χ1n) is 11.0. The average Bonchev–Trinajstić information content (AvgIpc) is 3.16. The Hall–Kier alpha value is -2.57. The Kier molecular flexibility index (Phi) is 7.47. The average molecular weight is 459 g/mol. The maximum Gasteiger partial charge on any atom is 0.287 e. The van der Waals surface area contributed by atoms with Gasteiger partial charge >= 0.3 is 0 Å². The van der Waals surface area contributed by atoms with E-state index < -0.39 is 5.91 Å². The van der Waals surface area contributed by atoms with Crippen LogP contribution in [0.25, 0.3) is 11.0 Å². The number of nitrogens with one attached hydrogen (secondary N) is 1. The van der Waals surface area contributed by atoms with Gasteiger partial charge in [-0.05, 0) is 88.0 Å². The molecule has 32 heavy (non-hydrogen) atoms. The molecule has 4 rings (SSSR count). The standard InChI is InChI=1S/C25H30N2O4.ClH/c1-15-7-9-27(10-8-15)20(22-6-5-18(4)30-22)14-26-25(29)24-13-21(28)19-11-16(2)17(3)12-23(19)31-24;/h5-6,11-13,15,20H,7-10,14H2,1-4H3,(H,26,29);1H. The normalized spacial score (nSPS) is 16.0. The van der Waals surface area contributed by atoms with E-state index in [1.54, 1.807) is 0 Å². The summed E-state index contributed by atoms with van der Waals surface area (Å²) in [4.78, 5) is 27.8. The quantitative estimate of drug-likeness (QED) is 0.586. The van der Waals surface area contributed by atoms with E-state index in [1.807, 2.05) is 45.0 Å². The predicted octanol–water partition coefficient (Wildman–Crippen LogP) is 4.94. The van der Waals surface area contributed by atoms with Crippen molar-refractivity contribution in [1.82, 2.24) is 10.2 Å². The van der Waals surface area contributed by atoms with Gasteiger partial charge in [-0.15, -0.1) is 12.4 Å². The molecule has 1 saturated heterocycles. The molecule has 1 unspecified atom stereocenters. The van der Waals surface area contributed by atoms with Crippen LogP contribution in [-0.2, 0) is 0 Å². The third-order valence-corrected chi connectivity index (χ3v) is 6.37. The molecule has 1 atom stereocenters. The van der Waals surface area contributed by atoms with Gasteiger partial charge in [0, 0.05) is 12.6 Å². The highest BCUT2D eigenvalue weighted by Crippen LogP contribution is 2.28. The molecule has 3 heterocycles. The maximum absolute atomic E-state index is 12.9. The Balaban J connectivity index is 0.00000289. The van der Waals surface area contributed by atoms with Crippen LogP contribution >= 0.6 is 12.4 Å². The number of likely N-dealkylation sites (tertiary alicyclic amines) is 1. The molecule has 0 bridgehead atoms. The van der Waals surface area contributed by atoms with Crippen LogP contribution in [0.5, 0.6) is 0 Å². The molecule has 1 aliphatic heterocycles. The van der Waals surface area contributed by atoms with E-state index in [9.17, 15) is 9.59 Å². The summed E-state index contributed by atoms with van der Waals surface area (Å²) in [7, 11) is 0. The van der Waals surface area contributed by atoms with Gasteiger partial charge in [-0.25, -0.2) is 0 Å². The fourth-order valence-corrected chi connectivity index (χ4v) is 4.18. The van der Waals surface area contributed by atoms with E-state index in [0.29, 0.717) is 23.4 Å². The summed E-state index contributed by atoms with van der Waals surface area (Å²) >= 11 is 0. The van der Waals surface area contributed by atoms with E-state index in [4.69, 9.17) is 8.83 Å². The highest BCUT2D eigenvalue weighted by atomic mass is 35.5. The Morgan fingerprint density at radius 2 is 1.78 bits per heavy atom. The highest BCUT2D eigenvalue weighted by Gasteiger charge is 2.27. The van der Waals surface area contributed by atoms with Crippen LogP contribution in [0.2, 0.25) is 0 Å². The number of carbonyl (C=O) groups excluding carboxylic acids is 1. The van der Waals surface area contributed by atoms with Gasteiger partial charge < -0.3 is 14.2 Å². The summed E-state index contributed by atoms with van der Waals surface area (Å²) in [6, 6.07) is 8.77. The summed E-state index contributed by atoms with van der Waals surface area (Å²) in [5.41, 5.74) is 2.26. The molecule has 7 heteroatoms. The molecule has 1 N–H and O–H groups in total. The summed E-state index contributed by atoms with van der Waals surface area (Å²) in [5, 5.41) is 3.45. The van der Waals surface area contributed by atoms with E-state index in [0.717, 1.165) is 48.6 Å². The number of carbonyl (C=O) groups is 1. The second-order valence-electron chi connectivity index (χ2n) is 8.80. The van der Waals surface area contributed by atoms with E-state index in [1.165, 1.54) is 6.07 Å². The molecule has 3 aromatic rings. The van der Waals surface area contributed by atoms with Crippen molar-refractivity contribution >= 4 is 29.3 Å². The number of fused-ring (bicyclic) bond motifs is 1. The highest BCUT2D eigenvalue weighted by molar-refractivity contribution is 5.93. The minimum Gasteiger partial charge on any atom is -0.465 e. The molecule has 1 aliphatic rings. The first-order chi connectivity index (χ1) is 14.8. The zero-order chi connectivity index (χ0) is 22.1. The third kappa shape index (κ3) is 5.08. The number of benzene rings is 1. The van der Waals surface area contributed by atoms with Crippen LogP contribution in [0.4, 0.5) is 0 Å². The lowest BCUT2D eigenvalue weighted by Gasteiger charge is -2.35. The fourth-order valence-electron chi connectivity index (χ4n) is 4.18. The van der Waals surface area contributed by atoms with Gasteiger partial charge in [0.15, 0.2) is 11.2 Å². The Labute approximate surface area is 194 Å². The molecule has 0 saturated carbocycles. The number of hydrogen-bond donors (Lipinski definition) is 1. The van der Waals surface area contributed by atoms with Crippen molar-refractivity contribution in [3.8, 4) is 0 Å². The molecule has 0 radical (unpaired) electrons. The molecule has 172 valence electrons. The van der Waals surface area contributed by atoms with Crippen LogP contribution in [-0.4, -0.2) is 30.4 Å². The molecule has 0 aliphatic carbocycles. The van der Waals surface area contributed by atoms with Crippen LogP contribution < -0.4 is 10.7 Å². The smallest absolute Gasteiger partial charge is 0.287 e. The van der Waals surface area contributed by atoms with E-state index >= 15 is 0 Å². The lowest BCUT2D eigenvalue weighted by Crippen LogP contribution is -2.41. The number of piperidine rings is 1. The first-order valence-corrected chi connectivity index (χ1v) is 11.0. The van der Waals surface area contributed by atoms with Crippen LogP contribution in [0, 0.1) is 26.7 Å². The molecule has 6 nitrogen and oxygen atoms in total. The Morgan fingerprint density at radius 3 is 2.44 bits per heavy atom. The van der Waals surface area contributed by atoms with Gasteiger partial charge in [0.25, 0.3) is 5.91 Å². The summed E-state index contributed by atoms with van der Waals surface area (Å²) in [6.07, 6.45) is 2.25. The number of furan rings is 1. The van der Waals surface area contributed by atoms with Crippen molar-refractivity contribution in [2.24, 2.45) is 5.92 Å².